The van der Waals surface area contributed by atoms with E-state index in [1.165, 1.54) is 11.2 Å². The van der Waals surface area contributed by atoms with Gasteiger partial charge in [0.2, 0.25) is 20.9 Å². The zero-order valence-electron chi connectivity index (χ0n) is 11.1. The minimum Gasteiger partial charge on any atom is -0.342 e. The Morgan fingerprint density at radius 3 is 2.58 bits per heavy atom. The fourth-order valence-electron chi connectivity index (χ4n) is 1.95. The molecule has 0 saturated heterocycles. The summed E-state index contributed by atoms with van der Waals surface area (Å²) in [7, 11) is -3.72. The summed E-state index contributed by atoms with van der Waals surface area (Å²) in [5.41, 5.74) is 0. The Labute approximate surface area is 112 Å². The summed E-state index contributed by atoms with van der Waals surface area (Å²) in [5, 5.41) is 7.23. The third-order valence-corrected chi connectivity index (χ3v) is 4.66. The van der Waals surface area contributed by atoms with Crippen molar-refractivity contribution in [3.8, 4) is 0 Å². The summed E-state index contributed by atoms with van der Waals surface area (Å²) >= 11 is 0. The lowest BCUT2D eigenvalue weighted by molar-refractivity contribution is -0.128. The van der Waals surface area contributed by atoms with E-state index in [2.05, 4.69) is 10.2 Å². The van der Waals surface area contributed by atoms with Gasteiger partial charge in [0.05, 0.1) is 0 Å². The van der Waals surface area contributed by atoms with Crippen molar-refractivity contribution in [1.29, 1.82) is 0 Å². The number of aromatic nitrogens is 3. The van der Waals surface area contributed by atoms with Gasteiger partial charge in [0.15, 0.2) is 0 Å². The van der Waals surface area contributed by atoms with Crippen molar-refractivity contribution >= 4 is 15.7 Å². The maximum absolute atomic E-state index is 12.2. The molecule has 1 fully saturated rings. The lowest BCUT2D eigenvalue weighted by Crippen LogP contribution is -2.36. The van der Waals surface area contributed by atoms with Crippen molar-refractivity contribution in [1.82, 2.24) is 19.7 Å². The summed E-state index contributed by atoms with van der Waals surface area (Å²) in [4.78, 5) is 13.4. The van der Waals surface area contributed by atoms with Crippen molar-refractivity contribution in [2.75, 3.05) is 18.8 Å². The minimum absolute atomic E-state index is 0.0875. The summed E-state index contributed by atoms with van der Waals surface area (Å²) in [6.45, 7) is 4.64. The van der Waals surface area contributed by atoms with Gasteiger partial charge in [-0.25, -0.2) is 8.42 Å². The Balaban J connectivity index is 2.18. The fourth-order valence-corrected chi connectivity index (χ4v) is 3.28. The molecule has 1 aliphatic rings. The molecule has 0 bridgehead atoms. The largest absolute Gasteiger partial charge is 0.342 e. The molecular formula is C11H18N4O3S. The van der Waals surface area contributed by atoms with Crippen LogP contribution in [-0.4, -0.2) is 52.8 Å². The number of sulfone groups is 1. The van der Waals surface area contributed by atoms with Gasteiger partial charge in [-0.3, -0.25) is 4.79 Å². The fraction of sp³-hybridized carbons (Fsp3) is 0.727. The van der Waals surface area contributed by atoms with Crippen LogP contribution in [-0.2, 0) is 14.6 Å². The van der Waals surface area contributed by atoms with E-state index in [0.717, 1.165) is 12.8 Å². The first-order valence-corrected chi connectivity index (χ1v) is 8.04. The molecule has 0 atom stereocenters. The van der Waals surface area contributed by atoms with Gasteiger partial charge in [0, 0.05) is 19.1 Å². The molecule has 1 saturated carbocycles. The second-order valence-electron chi connectivity index (χ2n) is 4.58. The number of carbonyl (C=O) groups is 1. The smallest absolute Gasteiger partial charge is 0.250 e. The Morgan fingerprint density at radius 2 is 2.05 bits per heavy atom. The highest BCUT2D eigenvalue weighted by Gasteiger charge is 2.33. The van der Waals surface area contributed by atoms with Crippen LogP contribution in [0.15, 0.2) is 11.5 Å². The Hall–Kier alpha value is -1.44. The monoisotopic (exact) mass is 286 g/mol. The lowest BCUT2D eigenvalue weighted by atomic mass is 10.5. The van der Waals surface area contributed by atoms with E-state index in [9.17, 15) is 13.2 Å². The molecule has 0 N–H and O–H groups in total. The molecule has 19 heavy (non-hydrogen) atoms. The molecule has 0 radical (unpaired) electrons. The Bertz CT molecular complexity index is 558. The zero-order valence-corrected chi connectivity index (χ0v) is 11.9. The molecular weight excluding hydrogens is 268 g/mol. The number of rotatable bonds is 6. The highest BCUT2D eigenvalue weighted by Crippen LogP contribution is 2.36. The standard InChI is InChI=1S/C11H18N4O3S/c1-3-14(4-2)10(16)7-19(17,18)11-13-12-8-15(11)9-5-6-9/h8-9H,3-7H2,1-2H3. The molecule has 0 spiro atoms. The van der Waals surface area contributed by atoms with E-state index in [4.69, 9.17) is 0 Å². The Kier molecular flexibility index (Phi) is 3.88. The summed E-state index contributed by atoms with van der Waals surface area (Å²) in [5.74, 6) is -0.935. The van der Waals surface area contributed by atoms with Gasteiger partial charge in [-0.1, -0.05) is 0 Å². The average Bonchev–Trinajstić information content (AvgIpc) is 3.07. The molecule has 1 aromatic rings. The molecule has 7 nitrogen and oxygen atoms in total. The first-order valence-electron chi connectivity index (χ1n) is 6.39. The Morgan fingerprint density at radius 1 is 1.42 bits per heavy atom. The van der Waals surface area contributed by atoms with E-state index in [0.29, 0.717) is 13.1 Å². The van der Waals surface area contributed by atoms with Crippen LogP contribution >= 0.6 is 0 Å². The molecule has 0 aromatic carbocycles. The predicted molar refractivity (Wildman–Crippen MR) is 68.3 cm³/mol. The van der Waals surface area contributed by atoms with Crippen molar-refractivity contribution in [2.24, 2.45) is 0 Å². The van der Waals surface area contributed by atoms with Crippen LogP contribution in [0.3, 0.4) is 0 Å². The minimum atomic E-state index is -3.72. The van der Waals surface area contributed by atoms with Gasteiger partial charge in [-0.05, 0) is 26.7 Å². The second kappa shape index (κ2) is 5.28. The van der Waals surface area contributed by atoms with Crippen LogP contribution in [0.5, 0.6) is 0 Å². The van der Waals surface area contributed by atoms with Gasteiger partial charge >= 0.3 is 0 Å². The maximum Gasteiger partial charge on any atom is 0.250 e. The average molecular weight is 286 g/mol. The van der Waals surface area contributed by atoms with E-state index < -0.39 is 21.5 Å². The molecule has 1 aliphatic carbocycles. The number of hydrogen-bond donors (Lipinski definition) is 0. The molecule has 0 unspecified atom stereocenters. The quantitative estimate of drug-likeness (QED) is 0.748. The van der Waals surface area contributed by atoms with Crippen molar-refractivity contribution in [2.45, 2.75) is 37.9 Å². The van der Waals surface area contributed by atoms with Gasteiger partial charge in [-0.15, -0.1) is 10.2 Å². The van der Waals surface area contributed by atoms with Crippen LogP contribution in [0, 0.1) is 0 Å². The second-order valence-corrected chi connectivity index (χ2v) is 6.46. The van der Waals surface area contributed by atoms with E-state index in [-0.39, 0.29) is 11.2 Å². The molecule has 1 heterocycles. The molecule has 1 aromatic heterocycles. The summed E-state index contributed by atoms with van der Waals surface area (Å²) in [6.07, 6.45) is 3.29. The molecule has 8 heteroatoms. The van der Waals surface area contributed by atoms with Crippen LogP contribution in [0.4, 0.5) is 0 Å². The summed E-state index contributed by atoms with van der Waals surface area (Å²) < 4.78 is 26.0. The van der Waals surface area contributed by atoms with Gasteiger partial charge in [-0.2, -0.15) is 0 Å². The third-order valence-electron chi connectivity index (χ3n) is 3.19. The van der Waals surface area contributed by atoms with Crippen LogP contribution in [0.2, 0.25) is 0 Å². The lowest BCUT2D eigenvalue weighted by Gasteiger charge is -2.18. The number of hydrogen-bond acceptors (Lipinski definition) is 5. The normalized spacial score (nSPS) is 15.5. The number of amides is 1. The first-order chi connectivity index (χ1) is 8.99. The number of carbonyl (C=O) groups excluding carboxylic acids is 1. The van der Waals surface area contributed by atoms with Crippen LogP contribution in [0.25, 0.3) is 0 Å². The van der Waals surface area contributed by atoms with E-state index in [1.54, 1.807) is 4.57 Å². The topological polar surface area (TPSA) is 85.2 Å². The highest BCUT2D eigenvalue weighted by atomic mass is 32.2. The van der Waals surface area contributed by atoms with E-state index in [1.807, 2.05) is 13.8 Å². The van der Waals surface area contributed by atoms with Gasteiger partial charge in [0.25, 0.3) is 0 Å². The molecule has 106 valence electrons. The molecule has 0 aliphatic heterocycles. The predicted octanol–water partition coefficient (Wildman–Crippen LogP) is 0.255. The van der Waals surface area contributed by atoms with Crippen LogP contribution in [0.1, 0.15) is 32.7 Å². The van der Waals surface area contributed by atoms with Crippen molar-refractivity contribution in [3.05, 3.63) is 6.33 Å². The van der Waals surface area contributed by atoms with Gasteiger partial charge < -0.3 is 9.47 Å². The van der Waals surface area contributed by atoms with Crippen molar-refractivity contribution < 1.29 is 13.2 Å². The zero-order chi connectivity index (χ0) is 14.0. The molecule has 2 rings (SSSR count). The third kappa shape index (κ3) is 2.94. The first kappa shape index (κ1) is 14.0. The van der Waals surface area contributed by atoms with E-state index >= 15 is 0 Å². The summed E-state index contributed by atoms with van der Waals surface area (Å²) in [6, 6.07) is 0.170. The SMILES string of the molecule is CCN(CC)C(=O)CS(=O)(=O)c1nncn1C1CC1. The highest BCUT2D eigenvalue weighted by molar-refractivity contribution is 7.91. The van der Waals surface area contributed by atoms with Crippen LogP contribution < -0.4 is 0 Å². The van der Waals surface area contributed by atoms with Crippen molar-refractivity contribution in [3.63, 3.8) is 0 Å². The number of nitrogens with zero attached hydrogens (tertiary/aromatic N) is 4. The molecule has 1 amide bonds. The van der Waals surface area contributed by atoms with Gasteiger partial charge in [0.1, 0.15) is 12.1 Å². The maximum atomic E-state index is 12.2.